The van der Waals surface area contributed by atoms with E-state index in [1.807, 2.05) is 6.92 Å². The second-order valence-corrected chi connectivity index (χ2v) is 8.94. The van der Waals surface area contributed by atoms with Crippen molar-refractivity contribution in [2.24, 2.45) is 0 Å². The van der Waals surface area contributed by atoms with Crippen molar-refractivity contribution in [3.63, 3.8) is 0 Å². The highest BCUT2D eigenvalue weighted by Crippen LogP contribution is 2.44. The van der Waals surface area contributed by atoms with Gasteiger partial charge in [0.25, 0.3) is 0 Å². The van der Waals surface area contributed by atoms with E-state index in [1.54, 1.807) is 0 Å². The first kappa shape index (κ1) is 15.1. The van der Waals surface area contributed by atoms with Crippen molar-refractivity contribution in [1.29, 1.82) is 0 Å². The maximum Gasteiger partial charge on any atom is 0.191 e. The lowest BCUT2D eigenvalue weighted by Crippen LogP contribution is -2.33. The van der Waals surface area contributed by atoms with Crippen molar-refractivity contribution >= 4 is 28.7 Å². The summed E-state index contributed by atoms with van der Waals surface area (Å²) < 4.78 is 113. The predicted octanol–water partition coefficient (Wildman–Crippen LogP) is 2.18. The molecule has 0 saturated heterocycles. The number of hydrogen-bond donors (Lipinski definition) is 4. The Morgan fingerprint density at radius 2 is 2.17 bits per heavy atom. The van der Waals surface area contributed by atoms with Gasteiger partial charge in [-0.2, -0.15) is 0 Å². The van der Waals surface area contributed by atoms with E-state index in [4.69, 9.17) is 19.8 Å². The van der Waals surface area contributed by atoms with Crippen LogP contribution in [0.3, 0.4) is 0 Å². The fourth-order valence-corrected chi connectivity index (χ4v) is 4.14. The highest BCUT2D eigenvalue weighted by atomic mass is 32.2. The molecule has 6 atom stereocenters. The summed E-state index contributed by atoms with van der Waals surface area (Å²) in [5.41, 5.74) is -0.680. The summed E-state index contributed by atoms with van der Waals surface area (Å²) in [5.74, 6) is -2.53. The van der Waals surface area contributed by atoms with Gasteiger partial charge in [-0.05, 0) is 36.9 Å². The number of aryl methyl sites for hydroxylation is 1. The number of aliphatic hydroxyl groups excluding tert-OH is 1. The van der Waals surface area contributed by atoms with Gasteiger partial charge in [0.1, 0.15) is 18.0 Å². The monoisotopic (exact) mass is 529 g/mol. The van der Waals surface area contributed by atoms with Crippen molar-refractivity contribution in [2.75, 3.05) is 24.2 Å². The van der Waals surface area contributed by atoms with Gasteiger partial charge in [-0.3, -0.25) is 0 Å². The standard InChI is InChI=1S/C24H31FN6O4S/c1-3-8-36-24-27-22(26-16-10-14(16)13-5-4-12(2)15(25)9-13)19-23(28-24)31(30-29-19)17-11-18(35-7-6-32)21(34)20(17)33/h4-5,9,14,16-18,20-21,32-34H,3,6-8,10-11H2,1-2H3,(H,26,27,28)/t14-,16+,17+,18-,20-,21+/m0/s1/i7D2,10D2,11D2,14D,17D,18D,20D,21D. The molecule has 0 spiro atoms. The Morgan fingerprint density at radius 3 is 2.92 bits per heavy atom. The number of halogens is 1. The number of benzene rings is 1. The molecule has 0 bridgehead atoms. The number of anilines is 1. The number of nitrogens with zero attached hydrogens (tertiary/aromatic N) is 5. The Kier molecular flexibility index (Phi) is 4.43. The van der Waals surface area contributed by atoms with Crippen LogP contribution < -0.4 is 5.32 Å². The van der Waals surface area contributed by atoms with Crippen LogP contribution in [-0.4, -0.2) is 83.5 Å². The number of ether oxygens (including phenoxy) is 1. The van der Waals surface area contributed by atoms with E-state index < -0.39 is 79.1 Å². The normalized spacial score (nSPS) is 45.5. The molecule has 2 aliphatic rings. The minimum Gasteiger partial charge on any atom is -0.394 e. The first-order valence-electron chi connectivity index (χ1n) is 16.5. The SMILES string of the molecule is [2H]C([2H])(CO)O[C@@]1([2H])C([2H])([2H])[C@@]([2H])(n2nnc3c(N[C@@H]4C([2H])([2H])[C@@]4([2H])c4ccc(C)c(F)c4)nc(SCCC)nc32)[C@]([2H])(O)[C@]1([2H])O. The number of hydrogen-bond acceptors (Lipinski definition) is 10. The maximum absolute atomic E-state index is 14.4. The minimum absolute atomic E-state index is 0.0189. The summed E-state index contributed by atoms with van der Waals surface area (Å²) in [6.07, 6.45) is -17.7. The molecule has 0 radical (unpaired) electrons. The van der Waals surface area contributed by atoms with Crippen molar-refractivity contribution in [1.82, 2.24) is 25.0 Å². The summed E-state index contributed by atoms with van der Waals surface area (Å²) >= 11 is 1.05. The van der Waals surface area contributed by atoms with Crippen LogP contribution in [0, 0.1) is 12.7 Å². The van der Waals surface area contributed by atoms with Crippen molar-refractivity contribution in [3.05, 3.63) is 35.1 Å². The molecular weight excluding hydrogens is 487 g/mol. The Labute approximate surface area is 227 Å². The third-order valence-electron chi connectivity index (χ3n) is 5.33. The molecule has 2 fully saturated rings. The number of rotatable bonds is 10. The molecular formula is C24H31FN6O4S. The van der Waals surface area contributed by atoms with Crippen LogP contribution in [0.1, 0.15) is 64.2 Å². The smallest absolute Gasteiger partial charge is 0.191 e. The largest absolute Gasteiger partial charge is 0.394 e. The number of nitrogens with one attached hydrogen (secondary N) is 1. The predicted molar refractivity (Wildman–Crippen MR) is 133 cm³/mol. The maximum atomic E-state index is 14.4. The Balaban J connectivity index is 1.68. The van der Waals surface area contributed by atoms with Gasteiger partial charge in [-0.1, -0.05) is 36.0 Å². The average Bonchev–Trinajstić information content (AvgIpc) is 3.23. The lowest BCUT2D eigenvalue weighted by molar-refractivity contribution is -0.0629. The van der Waals surface area contributed by atoms with Crippen LogP contribution in [0.5, 0.6) is 0 Å². The van der Waals surface area contributed by atoms with Crippen LogP contribution in [0.25, 0.3) is 11.2 Å². The molecule has 3 aromatic rings. The van der Waals surface area contributed by atoms with Crippen LogP contribution in [-0.2, 0) is 4.74 Å². The zero-order chi connectivity index (χ0) is 35.4. The van der Waals surface area contributed by atoms with E-state index in [0.717, 1.165) is 17.8 Å². The van der Waals surface area contributed by atoms with Gasteiger partial charge < -0.3 is 25.4 Å². The van der Waals surface area contributed by atoms with Crippen LogP contribution in [0.15, 0.2) is 23.4 Å². The molecule has 4 N–H and O–H groups in total. The van der Waals surface area contributed by atoms with Crippen LogP contribution >= 0.6 is 11.8 Å². The number of aliphatic hydroxyl groups is 3. The molecule has 2 saturated carbocycles. The van der Waals surface area contributed by atoms with E-state index in [-0.39, 0.29) is 26.8 Å². The fraction of sp³-hybridized carbons (Fsp3) is 0.583. The molecule has 12 heteroatoms. The summed E-state index contributed by atoms with van der Waals surface area (Å²) in [5, 5.41) is 41.8. The number of thioether (sulfide) groups is 1. The molecule has 5 rings (SSSR count). The van der Waals surface area contributed by atoms with Gasteiger partial charge in [0, 0.05) is 30.9 Å². The van der Waals surface area contributed by atoms with Gasteiger partial charge in [-0.25, -0.2) is 19.0 Å². The second kappa shape index (κ2) is 10.5. The van der Waals surface area contributed by atoms with Gasteiger partial charge >= 0.3 is 0 Å². The van der Waals surface area contributed by atoms with Crippen LogP contribution in [0.2, 0.25) is 0 Å². The molecule has 2 aliphatic carbocycles. The molecule has 10 nitrogen and oxygen atoms in total. The summed E-state index contributed by atoms with van der Waals surface area (Å²) in [4.78, 5) is 8.58. The van der Waals surface area contributed by atoms with E-state index in [1.165, 1.54) is 19.1 Å². The highest BCUT2D eigenvalue weighted by Gasteiger charge is 2.45. The van der Waals surface area contributed by atoms with Gasteiger partial charge in [0.05, 0.1) is 33.5 Å². The van der Waals surface area contributed by atoms with E-state index in [9.17, 15) is 19.7 Å². The van der Waals surface area contributed by atoms with Crippen molar-refractivity contribution in [2.45, 2.75) is 74.4 Å². The van der Waals surface area contributed by atoms with E-state index in [0.29, 0.717) is 12.2 Å². The quantitative estimate of drug-likeness (QED) is 0.228. The molecule has 0 unspecified atom stereocenters. The average molecular weight is 530 g/mol. The Bertz CT molecular complexity index is 1740. The molecule has 2 heterocycles. The zero-order valence-electron chi connectivity index (χ0n) is 30.2. The lowest BCUT2D eigenvalue weighted by atomic mass is 10.1. The Hall–Kier alpha value is -2.38. The lowest BCUT2D eigenvalue weighted by Gasteiger charge is -2.17. The molecule has 1 aromatic carbocycles. The second-order valence-electron chi connectivity index (χ2n) is 7.88. The molecule has 2 aromatic heterocycles. The van der Waals surface area contributed by atoms with Gasteiger partial charge in [-0.15, -0.1) is 5.10 Å². The summed E-state index contributed by atoms with van der Waals surface area (Å²) in [6.45, 7) is -1.43. The van der Waals surface area contributed by atoms with Gasteiger partial charge in [0.2, 0.25) is 0 Å². The first-order chi connectivity index (χ1) is 21.4. The first-order valence-corrected chi connectivity index (χ1v) is 12.0. The zero-order valence-corrected chi connectivity index (χ0v) is 20.0. The van der Waals surface area contributed by atoms with Crippen LogP contribution in [0.4, 0.5) is 10.2 Å². The summed E-state index contributed by atoms with van der Waals surface area (Å²) in [7, 11) is 0. The summed E-state index contributed by atoms with van der Waals surface area (Å²) in [6, 6.07) is -1.23. The van der Waals surface area contributed by atoms with Crippen molar-refractivity contribution in [3.8, 4) is 0 Å². The third-order valence-corrected chi connectivity index (χ3v) is 6.38. The molecule has 194 valence electrons. The molecule has 0 amide bonds. The molecule has 36 heavy (non-hydrogen) atoms. The molecule has 0 aliphatic heterocycles. The van der Waals surface area contributed by atoms with Gasteiger partial charge in [0.15, 0.2) is 22.1 Å². The highest BCUT2D eigenvalue weighted by molar-refractivity contribution is 7.99. The fourth-order valence-electron chi connectivity index (χ4n) is 3.45. The van der Waals surface area contributed by atoms with E-state index >= 15 is 0 Å². The minimum atomic E-state index is -4.11. The van der Waals surface area contributed by atoms with E-state index in [2.05, 4.69) is 25.6 Å². The topological polar surface area (TPSA) is 138 Å². The van der Waals surface area contributed by atoms with Crippen molar-refractivity contribution < 1.29 is 39.5 Å². The Morgan fingerprint density at radius 1 is 1.33 bits per heavy atom. The third kappa shape index (κ3) is 4.92. The number of fused-ring (bicyclic) bond motifs is 1. The number of aromatic nitrogens is 5.